The maximum atomic E-state index is 14.1. The fourth-order valence-corrected chi connectivity index (χ4v) is 4.63. The van der Waals surface area contributed by atoms with E-state index in [1.807, 2.05) is 13.0 Å². The van der Waals surface area contributed by atoms with E-state index in [9.17, 15) is 23.5 Å². The second-order valence-electron chi connectivity index (χ2n) is 8.05. The van der Waals surface area contributed by atoms with Crippen molar-refractivity contribution < 1.29 is 28.6 Å². The van der Waals surface area contributed by atoms with E-state index in [2.05, 4.69) is 11.5 Å². The van der Waals surface area contributed by atoms with Gasteiger partial charge in [-0.15, -0.1) is 11.3 Å². The molecule has 2 aliphatic rings. The third kappa shape index (κ3) is 5.93. The standard InChI is InChI=1S/C24H25F2NO4S/c1-16(14-17-6-3-2-4-7-17)20(28)11-9-18-15-24(25,26)23(31)27(18)13-5-8-19-10-12-21(32-19)22(29)30/h3,6-7,9-12,16,18,20,28H,5,8,13-15H2,1H3,(H,29,30)/b11-9+/t16-,18-,20-/m0/s1. The molecule has 1 amide bonds. The zero-order chi connectivity index (χ0) is 23.3. The minimum Gasteiger partial charge on any atom is -0.477 e. The zero-order valence-corrected chi connectivity index (χ0v) is 18.4. The summed E-state index contributed by atoms with van der Waals surface area (Å²) in [4.78, 5) is 25.4. The van der Waals surface area contributed by atoms with Crippen LogP contribution in [0.15, 0.2) is 59.5 Å². The van der Waals surface area contributed by atoms with Crippen LogP contribution in [0.4, 0.5) is 8.78 Å². The first kappa shape index (κ1) is 23.9. The van der Waals surface area contributed by atoms with Gasteiger partial charge in [-0.3, -0.25) is 4.79 Å². The predicted molar refractivity (Wildman–Crippen MR) is 118 cm³/mol. The van der Waals surface area contributed by atoms with Gasteiger partial charge in [-0.05, 0) is 61.1 Å². The van der Waals surface area contributed by atoms with Crippen molar-refractivity contribution in [2.45, 2.75) is 50.7 Å². The number of carbonyl (C=O) groups excluding carboxylic acids is 1. The Morgan fingerprint density at radius 2 is 2.19 bits per heavy atom. The van der Waals surface area contributed by atoms with Gasteiger partial charge in [0, 0.05) is 17.8 Å². The molecular formula is C24H25F2NO4S. The largest absolute Gasteiger partial charge is 0.477 e. The average molecular weight is 462 g/mol. The fourth-order valence-electron chi connectivity index (χ4n) is 3.74. The van der Waals surface area contributed by atoms with E-state index in [0.29, 0.717) is 19.3 Å². The molecule has 5 nitrogen and oxygen atoms in total. The van der Waals surface area contributed by atoms with Crippen molar-refractivity contribution in [3.05, 3.63) is 69.3 Å². The van der Waals surface area contributed by atoms with E-state index in [4.69, 9.17) is 5.11 Å². The van der Waals surface area contributed by atoms with Crippen molar-refractivity contribution in [2.24, 2.45) is 5.92 Å². The molecule has 32 heavy (non-hydrogen) atoms. The molecule has 2 N–H and O–H groups in total. The van der Waals surface area contributed by atoms with Gasteiger partial charge in [0.1, 0.15) is 4.88 Å². The number of aliphatic hydroxyl groups excluding tert-OH is 1. The van der Waals surface area contributed by atoms with Crippen LogP contribution in [0.25, 0.3) is 0 Å². The average Bonchev–Trinajstić information content (AvgIpc) is 3.31. The Balaban J connectivity index is 1.58. The van der Waals surface area contributed by atoms with E-state index >= 15 is 0 Å². The molecule has 0 bridgehead atoms. The highest BCUT2D eigenvalue weighted by molar-refractivity contribution is 7.13. The van der Waals surface area contributed by atoms with Gasteiger partial charge in [-0.2, -0.15) is 8.78 Å². The van der Waals surface area contributed by atoms with Gasteiger partial charge in [0.05, 0.1) is 12.1 Å². The maximum Gasteiger partial charge on any atom is 0.345 e. The van der Waals surface area contributed by atoms with Gasteiger partial charge in [0.25, 0.3) is 5.91 Å². The lowest BCUT2D eigenvalue weighted by Crippen LogP contribution is -2.36. The molecule has 1 fully saturated rings. The zero-order valence-electron chi connectivity index (χ0n) is 17.6. The molecule has 0 radical (unpaired) electrons. The summed E-state index contributed by atoms with van der Waals surface area (Å²) in [5.74, 6) is -5.78. The second kappa shape index (κ2) is 10.2. The monoisotopic (exact) mass is 461 g/mol. The van der Waals surface area contributed by atoms with Crippen LogP contribution < -0.4 is 0 Å². The third-order valence-corrected chi connectivity index (χ3v) is 6.66. The lowest BCUT2D eigenvalue weighted by atomic mass is 9.94. The molecule has 1 aliphatic carbocycles. The number of allylic oxidation sites excluding steroid dienone is 4. The number of carboxylic acid groups (broad SMARTS) is 1. The minimum absolute atomic E-state index is 0.131. The van der Waals surface area contributed by atoms with Crippen LogP contribution in [-0.2, 0) is 11.2 Å². The van der Waals surface area contributed by atoms with Crippen molar-refractivity contribution in [3.63, 3.8) is 0 Å². The molecule has 1 aromatic heterocycles. The van der Waals surface area contributed by atoms with Crippen LogP contribution in [0.3, 0.4) is 0 Å². The number of aliphatic hydroxyl groups is 1. The number of aryl methyl sites for hydroxylation is 1. The van der Waals surface area contributed by atoms with E-state index < -0.39 is 36.4 Å². The molecular weight excluding hydrogens is 436 g/mol. The molecule has 0 aromatic carbocycles. The third-order valence-electron chi connectivity index (χ3n) is 5.53. The molecule has 3 rings (SSSR count). The number of carboxylic acids is 1. The molecule has 0 saturated carbocycles. The molecule has 8 heteroatoms. The Bertz CT molecular complexity index is 1030. The van der Waals surface area contributed by atoms with Crippen molar-refractivity contribution >= 4 is 23.2 Å². The summed E-state index contributed by atoms with van der Waals surface area (Å²) in [6.45, 7) is 2.00. The quantitative estimate of drug-likeness (QED) is 0.401. The van der Waals surface area contributed by atoms with Crippen LogP contribution in [0.2, 0.25) is 0 Å². The van der Waals surface area contributed by atoms with E-state index in [-0.39, 0.29) is 17.3 Å². The number of carbonyl (C=O) groups is 2. The molecule has 1 aliphatic heterocycles. The van der Waals surface area contributed by atoms with Gasteiger partial charge in [-0.25, -0.2) is 4.79 Å². The van der Waals surface area contributed by atoms with Gasteiger partial charge >= 0.3 is 11.9 Å². The molecule has 1 saturated heterocycles. The smallest absolute Gasteiger partial charge is 0.345 e. The number of nitrogens with zero attached hydrogens (tertiary/aromatic N) is 1. The van der Waals surface area contributed by atoms with Crippen molar-refractivity contribution in [3.8, 4) is 0 Å². The number of hydrogen-bond donors (Lipinski definition) is 2. The predicted octanol–water partition coefficient (Wildman–Crippen LogP) is 4.36. The molecule has 0 spiro atoms. The van der Waals surface area contributed by atoms with Crippen LogP contribution in [0, 0.1) is 5.92 Å². The highest BCUT2D eigenvalue weighted by Gasteiger charge is 2.52. The first-order valence-electron chi connectivity index (χ1n) is 10.4. The summed E-state index contributed by atoms with van der Waals surface area (Å²) in [6.07, 6.45) is 8.48. The number of rotatable bonds is 10. The first-order valence-corrected chi connectivity index (χ1v) is 11.2. The number of halogens is 2. The highest BCUT2D eigenvalue weighted by Crippen LogP contribution is 2.34. The first-order chi connectivity index (χ1) is 15.2. The SMILES string of the molecule is C[C@@H](CC1=CC=C=C=C1)[C@@H](O)/C=C/[C@H]1CC(F)(F)C(=O)N1CCCc1ccc(C(=O)O)s1. The lowest BCUT2D eigenvalue weighted by molar-refractivity contribution is -0.148. The summed E-state index contributed by atoms with van der Waals surface area (Å²) in [5.41, 5.74) is 6.66. The number of alkyl halides is 2. The summed E-state index contributed by atoms with van der Waals surface area (Å²) in [7, 11) is 0. The van der Waals surface area contributed by atoms with E-state index in [1.54, 1.807) is 18.2 Å². The summed E-state index contributed by atoms with van der Waals surface area (Å²) < 4.78 is 28.2. The van der Waals surface area contributed by atoms with Crippen LogP contribution >= 0.6 is 11.3 Å². The lowest BCUT2D eigenvalue weighted by Gasteiger charge is -2.22. The van der Waals surface area contributed by atoms with Crippen LogP contribution in [-0.4, -0.2) is 51.6 Å². The molecule has 1 aromatic rings. The number of amides is 1. The molecule has 170 valence electrons. The van der Waals surface area contributed by atoms with Gasteiger partial charge in [0.2, 0.25) is 0 Å². The molecule has 0 unspecified atom stereocenters. The number of aromatic carboxylic acids is 1. The van der Waals surface area contributed by atoms with E-state index in [1.165, 1.54) is 18.2 Å². The van der Waals surface area contributed by atoms with E-state index in [0.717, 1.165) is 26.7 Å². The Kier molecular flexibility index (Phi) is 7.64. The van der Waals surface area contributed by atoms with Crippen molar-refractivity contribution in [1.29, 1.82) is 0 Å². The number of thiophene rings is 1. The van der Waals surface area contributed by atoms with Gasteiger partial charge < -0.3 is 15.1 Å². The summed E-state index contributed by atoms with van der Waals surface area (Å²) in [6, 6.07) is 2.42. The normalized spacial score (nSPS) is 21.4. The van der Waals surface area contributed by atoms with Crippen molar-refractivity contribution in [2.75, 3.05) is 6.54 Å². The Morgan fingerprint density at radius 3 is 2.84 bits per heavy atom. The Morgan fingerprint density at radius 1 is 1.41 bits per heavy atom. The second-order valence-corrected chi connectivity index (χ2v) is 9.22. The van der Waals surface area contributed by atoms with Gasteiger partial charge in [0.15, 0.2) is 0 Å². The summed E-state index contributed by atoms with van der Waals surface area (Å²) >= 11 is 1.14. The highest BCUT2D eigenvalue weighted by atomic mass is 32.1. The van der Waals surface area contributed by atoms with Crippen LogP contribution in [0.1, 0.15) is 40.7 Å². The summed E-state index contributed by atoms with van der Waals surface area (Å²) in [5, 5.41) is 19.4. The molecule has 3 atom stereocenters. The Labute approximate surface area is 189 Å². The molecule has 2 heterocycles. The van der Waals surface area contributed by atoms with Crippen LogP contribution in [0.5, 0.6) is 0 Å². The topological polar surface area (TPSA) is 77.8 Å². The maximum absolute atomic E-state index is 14.1. The fraction of sp³-hybridized carbons (Fsp3) is 0.417. The minimum atomic E-state index is -3.43. The Hall–Kier alpha value is -2.76. The van der Waals surface area contributed by atoms with Gasteiger partial charge in [-0.1, -0.05) is 30.5 Å². The number of hydrogen-bond acceptors (Lipinski definition) is 4. The van der Waals surface area contributed by atoms with Crippen molar-refractivity contribution in [1.82, 2.24) is 4.90 Å². The number of likely N-dealkylation sites (tertiary alicyclic amines) is 1.